The summed E-state index contributed by atoms with van der Waals surface area (Å²) in [6.07, 6.45) is -0.883. The van der Waals surface area contributed by atoms with Crippen LogP contribution >= 0.6 is 0 Å². The molecule has 0 aliphatic heterocycles. The zero-order valence-electron chi connectivity index (χ0n) is 8.05. The van der Waals surface area contributed by atoms with E-state index >= 15 is 0 Å². The third-order valence-corrected chi connectivity index (χ3v) is 1.94. The lowest BCUT2D eigenvalue weighted by atomic mass is 10.1. The Kier molecular flexibility index (Phi) is 3.41. The lowest BCUT2D eigenvalue weighted by Crippen LogP contribution is -2.00. The highest BCUT2D eigenvalue weighted by Crippen LogP contribution is 2.29. The fraction of sp³-hybridized carbons (Fsp3) is 0.400. The quantitative estimate of drug-likeness (QED) is 0.815. The van der Waals surface area contributed by atoms with Crippen LogP contribution in [-0.4, -0.2) is 12.2 Å². The Hall–Kier alpha value is -1.16. The van der Waals surface area contributed by atoms with Crippen molar-refractivity contribution in [1.29, 1.82) is 0 Å². The Balaban J connectivity index is 3.28. The minimum Gasteiger partial charge on any atom is -0.493 e. The lowest BCUT2D eigenvalue weighted by Gasteiger charge is -2.12. The summed E-state index contributed by atoms with van der Waals surface area (Å²) in [5.41, 5.74) is 0.458. The van der Waals surface area contributed by atoms with E-state index in [2.05, 4.69) is 0 Å². The van der Waals surface area contributed by atoms with Crippen LogP contribution in [0.3, 0.4) is 0 Å². The van der Waals surface area contributed by atoms with Crippen LogP contribution in [0.4, 0.5) is 8.78 Å². The molecular weight excluding hydrogens is 190 g/mol. The van der Waals surface area contributed by atoms with E-state index in [0.717, 1.165) is 6.07 Å². The van der Waals surface area contributed by atoms with E-state index in [0.29, 0.717) is 0 Å². The summed E-state index contributed by atoms with van der Waals surface area (Å²) in [5, 5.41) is 9.31. The second-order valence-electron chi connectivity index (χ2n) is 3.01. The van der Waals surface area contributed by atoms with Gasteiger partial charge >= 0.3 is 0 Å². The number of alkyl halides is 1. The first kappa shape index (κ1) is 10.9. The monoisotopic (exact) mass is 202 g/mol. The number of ether oxygens (including phenoxy) is 1. The van der Waals surface area contributed by atoms with Gasteiger partial charge in [0.1, 0.15) is 6.67 Å². The topological polar surface area (TPSA) is 29.5 Å². The standard InChI is InChI=1S/C10H12F2O2/c1-6(13)8-3-7(5-11)4-9(12)10(8)14-2/h3-4,6,13H,5H2,1-2H3. The van der Waals surface area contributed by atoms with Crippen molar-refractivity contribution in [2.75, 3.05) is 7.11 Å². The Labute approximate surface area is 81.1 Å². The summed E-state index contributed by atoms with van der Waals surface area (Å²) in [7, 11) is 1.30. The Morgan fingerprint density at radius 3 is 2.57 bits per heavy atom. The van der Waals surface area contributed by atoms with E-state index in [4.69, 9.17) is 4.74 Å². The van der Waals surface area contributed by atoms with Gasteiger partial charge in [-0.1, -0.05) is 0 Å². The third kappa shape index (κ3) is 2.01. The predicted molar refractivity (Wildman–Crippen MR) is 48.4 cm³/mol. The first-order valence-electron chi connectivity index (χ1n) is 4.20. The van der Waals surface area contributed by atoms with Crippen molar-refractivity contribution in [2.45, 2.75) is 19.7 Å². The Bertz CT molecular complexity index is 324. The van der Waals surface area contributed by atoms with Gasteiger partial charge in [0, 0.05) is 5.56 Å². The molecule has 0 heterocycles. The molecule has 0 aromatic heterocycles. The molecule has 0 aliphatic rings. The van der Waals surface area contributed by atoms with Crippen molar-refractivity contribution in [1.82, 2.24) is 0 Å². The SMILES string of the molecule is COc1c(F)cc(CF)cc1C(C)O. The zero-order chi connectivity index (χ0) is 10.7. The maximum atomic E-state index is 13.3. The molecular formula is C10H12F2O2. The second-order valence-corrected chi connectivity index (χ2v) is 3.01. The molecule has 0 bridgehead atoms. The van der Waals surface area contributed by atoms with Gasteiger partial charge in [-0.25, -0.2) is 8.78 Å². The van der Waals surface area contributed by atoms with Gasteiger partial charge < -0.3 is 9.84 Å². The average molecular weight is 202 g/mol. The number of aliphatic hydroxyl groups excluding tert-OH is 1. The molecule has 0 amide bonds. The highest BCUT2D eigenvalue weighted by molar-refractivity contribution is 5.39. The van der Waals surface area contributed by atoms with Crippen molar-refractivity contribution >= 4 is 0 Å². The molecule has 0 aliphatic carbocycles. The molecule has 2 nitrogen and oxygen atoms in total. The van der Waals surface area contributed by atoms with Gasteiger partial charge in [0.2, 0.25) is 0 Å². The van der Waals surface area contributed by atoms with E-state index in [1.54, 1.807) is 0 Å². The van der Waals surface area contributed by atoms with E-state index in [9.17, 15) is 13.9 Å². The normalized spacial score (nSPS) is 12.6. The summed E-state index contributed by atoms with van der Waals surface area (Å²) in [5.74, 6) is -0.684. The maximum absolute atomic E-state index is 13.3. The Morgan fingerprint density at radius 1 is 1.50 bits per heavy atom. The maximum Gasteiger partial charge on any atom is 0.165 e. The Morgan fingerprint density at radius 2 is 2.14 bits per heavy atom. The van der Waals surface area contributed by atoms with E-state index < -0.39 is 18.6 Å². The van der Waals surface area contributed by atoms with Crippen LogP contribution in [0.15, 0.2) is 12.1 Å². The van der Waals surface area contributed by atoms with Crippen LogP contribution in [0.1, 0.15) is 24.2 Å². The molecule has 0 saturated carbocycles. The molecule has 1 atom stereocenters. The molecule has 0 fully saturated rings. The summed E-state index contributed by atoms with van der Waals surface area (Å²) in [4.78, 5) is 0. The zero-order valence-corrected chi connectivity index (χ0v) is 8.05. The van der Waals surface area contributed by atoms with Crippen molar-refractivity contribution in [3.05, 3.63) is 29.1 Å². The van der Waals surface area contributed by atoms with Gasteiger partial charge in [0.05, 0.1) is 13.2 Å². The number of rotatable bonds is 3. The molecule has 14 heavy (non-hydrogen) atoms. The van der Waals surface area contributed by atoms with Crippen LogP contribution in [0.25, 0.3) is 0 Å². The largest absolute Gasteiger partial charge is 0.493 e. The van der Waals surface area contributed by atoms with Gasteiger partial charge in [-0.3, -0.25) is 0 Å². The van der Waals surface area contributed by atoms with Gasteiger partial charge in [-0.15, -0.1) is 0 Å². The van der Waals surface area contributed by atoms with Crippen LogP contribution < -0.4 is 4.74 Å². The minimum absolute atomic E-state index is 0.0304. The first-order chi connectivity index (χ1) is 6.60. The number of benzene rings is 1. The average Bonchev–Trinajstić information content (AvgIpc) is 2.16. The summed E-state index contributed by atoms with van der Waals surface area (Å²) < 4.78 is 30.3. The number of methoxy groups -OCH3 is 1. The van der Waals surface area contributed by atoms with Gasteiger partial charge in [-0.2, -0.15) is 0 Å². The van der Waals surface area contributed by atoms with Crippen molar-refractivity contribution in [2.24, 2.45) is 0 Å². The molecule has 0 saturated heterocycles. The fourth-order valence-corrected chi connectivity index (χ4v) is 1.28. The first-order valence-corrected chi connectivity index (χ1v) is 4.20. The minimum atomic E-state index is -0.883. The van der Waals surface area contributed by atoms with Crippen molar-refractivity contribution in [3.63, 3.8) is 0 Å². The molecule has 1 N–H and O–H groups in total. The molecule has 1 aromatic carbocycles. The van der Waals surface area contributed by atoms with E-state index in [-0.39, 0.29) is 16.9 Å². The van der Waals surface area contributed by atoms with E-state index in [1.807, 2.05) is 0 Å². The van der Waals surface area contributed by atoms with Crippen LogP contribution in [0.2, 0.25) is 0 Å². The number of aliphatic hydroxyl groups is 1. The fourth-order valence-electron chi connectivity index (χ4n) is 1.28. The number of hydrogen-bond acceptors (Lipinski definition) is 2. The van der Waals surface area contributed by atoms with Crippen molar-refractivity contribution in [3.8, 4) is 5.75 Å². The summed E-state index contributed by atoms with van der Waals surface area (Å²) in [6.45, 7) is 0.708. The third-order valence-electron chi connectivity index (χ3n) is 1.94. The van der Waals surface area contributed by atoms with Gasteiger partial charge in [0.15, 0.2) is 11.6 Å². The van der Waals surface area contributed by atoms with Crippen LogP contribution in [-0.2, 0) is 6.67 Å². The highest BCUT2D eigenvalue weighted by Gasteiger charge is 2.15. The molecule has 78 valence electrons. The molecule has 0 radical (unpaired) electrons. The number of hydrogen-bond donors (Lipinski definition) is 1. The van der Waals surface area contributed by atoms with Gasteiger partial charge in [0.25, 0.3) is 0 Å². The second kappa shape index (κ2) is 4.37. The molecule has 1 aromatic rings. The highest BCUT2D eigenvalue weighted by atomic mass is 19.1. The molecule has 1 rings (SSSR count). The summed E-state index contributed by atoms with van der Waals surface area (Å²) in [6, 6.07) is 2.46. The van der Waals surface area contributed by atoms with Crippen molar-refractivity contribution < 1.29 is 18.6 Å². The number of halogens is 2. The smallest absolute Gasteiger partial charge is 0.165 e. The molecule has 0 spiro atoms. The van der Waals surface area contributed by atoms with E-state index in [1.165, 1.54) is 20.1 Å². The van der Waals surface area contributed by atoms with Crippen LogP contribution in [0.5, 0.6) is 5.75 Å². The predicted octanol–water partition coefficient (Wildman–Crippen LogP) is 2.36. The van der Waals surface area contributed by atoms with Gasteiger partial charge in [-0.05, 0) is 24.6 Å². The van der Waals surface area contributed by atoms with Crippen LogP contribution in [0, 0.1) is 5.82 Å². The molecule has 4 heteroatoms. The molecule has 1 unspecified atom stereocenters. The summed E-state index contributed by atoms with van der Waals surface area (Å²) >= 11 is 0. The lowest BCUT2D eigenvalue weighted by molar-refractivity contribution is 0.192.